The van der Waals surface area contributed by atoms with Crippen molar-refractivity contribution in [1.29, 1.82) is 0 Å². The number of carbonyl (C=O) groups excluding carboxylic acids is 1. The lowest BCUT2D eigenvalue weighted by atomic mass is 10.0. The van der Waals surface area contributed by atoms with Crippen molar-refractivity contribution >= 4 is 5.78 Å². The van der Waals surface area contributed by atoms with Crippen LogP contribution in [0, 0.1) is 5.92 Å². The Bertz CT molecular complexity index is 194. The van der Waals surface area contributed by atoms with Crippen molar-refractivity contribution in [2.75, 3.05) is 0 Å². The summed E-state index contributed by atoms with van der Waals surface area (Å²) in [5.74, 6) is 0.0413. The fourth-order valence-corrected chi connectivity index (χ4v) is 1.17. The molecule has 60 valence electrons. The summed E-state index contributed by atoms with van der Waals surface area (Å²) < 4.78 is 0. The van der Waals surface area contributed by atoms with Gasteiger partial charge in [0.25, 0.3) is 0 Å². The van der Waals surface area contributed by atoms with Crippen LogP contribution in [0.5, 0.6) is 0 Å². The molecule has 1 N–H and O–H groups in total. The van der Waals surface area contributed by atoms with Gasteiger partial charge in [0.2, 0.25) is 0 Å². The van der Waals surface area contributed by atoms with E-state index in [1.807, 2.05) is 6.08 Å². The van der Waals surface area contributed by atoms with E-state index < -0.39 is 6.10 Å². The Morgan fingerprint density at radius 2 is 2.45 bits per heavy atom. The first-order valence-electron chi connectivity index (χ1n) is 3.73. The number of ketones is 1. The van der Waals surface area contributed by atoms with Gasteiger partial charge in [0.15, 0.2) is 0 Å². The van der Waals surface area contributed by atoms with E-state index in [1.165, 1.54) is 0 Å². The van der Waals surface area contributed by atoms with Gasteiger partial charge in [0.05, 0.1) is 6.10 Å². The molecule has 0 bridgehead atoms. The van der Waals surface area contributed by atoms with Crippen molar-refractivity contribution in [2.45, 2.75) is 18.9 Å². The summed E-state index contributed by atoms with van der Waals surface area (Å²) in [7, 11) is 0. The van der Waals surface area contributed by atoms with Crippen LogP contribution in [0.1, 0.15) is 12.8 Å². The van der Waals surface area contributed by atoms with Gasteiger partial charge in [0, 0.05) is 18.8 Å². The van der Waals surface area contributed by atoms with Crippen LogP contribution in [0.4, 0.5) is 0 Å². The molecule has 0 amide bonds. The second-order valence-corrected chi connectivity index (χ2v) is 2.76. The van der Waals surface area contributed by atoms with Gasteiger partial charge < -0.3 is 5.11 Å². The summed E-state index contributed by atoms with van der Waals surface area (Å²) in [5.41, 5.74) is 0. The number of aliphatic hydroxyl groups excluding tert-OH is 1. The monoisotopic (exact) mass is 152 g/mol. The number of aliphatic hydroxyl groups is 1. The molecule has 0 heterocycles. The third-order valence-corrected chi connectivity index (χ3v) is 1.86. The molecule has 2 atom stereocenters. The number of carbonyl (C=O) groups is 1. The minimum Gasteiger partial charge on any atom is -0.392 e. The maximum Gasteiger partial charge on any atom is 0.139 e. The second kappa shape index (κ2) is 3.49. The van der Waals surface area contributed by atoms with Crippen LogP contribution in [0.25, 0.3) is 0 Å². The van der Waals surface area contributed by atoms with Crippen molar-refractivity contribution in [3.8, 4) is 0 Å². The van der Waals surface area contributed by atoms with Gasteiger partial charge in [-0.05, 0) is 0 Å². The van der Waals surface area contributed by atoms with E-state index in [-0.39, 0.29) is 18.1 Å². The molecular formula is C9H12O2. The van der Waals surface area contributed by atoms with Gasteiger partial charge in [-0.15, -0.1) is 6.58 Å². The predicted molar refractivity (Wildman–Crippen MR) is 43.1 cm³/mol. The van der Waals surface area contributed by atoms with Gasteiger partial charge in [-0.3, -0.25) is 4.79 Å². The molecule has 2 heteroatoms. The molecule has 1 rings (SSSR count). The molecule has 0 saturated carbocycles. The maximum absolute atomic E-state index is 10.9. The number of hydrogen-bond acceptors (Lipinski definition) is 2. The van der Waals surface area contributed by atoms with Crippen LogP contribution in [0.3, 0.4) is 0 Å². The molecule has 11 heavy (non-hydrogen) atoms. The number of hydrogen-bond donors (Lipinski definition) is 1. The van der Waals surface area contributed by atoms with Crippen molar-refractivity contribution < 1.29 is 9.90 Å². The Labute approximate surface area is 66.2 Å². The van der Waals surface area contributed by atoms with Gasteiger partial charge in [-0.2, -0.15) is 0 Å². The second-order valence-electron chi connectivity index (χ2n) is 2.76. The van der Waals surface area contributed by atoms with E-state index >= 15 is 0 Å². The molecule has 2 nitrogen and oxygen atoms in total. The quantitative estimate of drug-likeness (QED) is 0.570. The summed E-state index contributed by atoms with van der Waals surface area (Å²) in [6.07, 6.45) is 5.43. The van der Waals surface area contributed by atoms with Crippen LogP contribution < -0.4 is 0 Å². The molecule has 0 fully saturated rings. The van der Waals surface area contributed by atoms with Gasteiger partial charge in [-0.1, -0.05) is 18.2 Å². The first-order valence-corrected chi connectivity index (χ1v) is 3.73. The van der Waals surface area contributed by atoms with Crippen LogP contribution in [0.2, 0.25) is 0 Å². The van der Waals surface area contributed by atoms with E-state index in [4.69, 9.17) is 0 Å². The predicted octanol–water partition coefficient (Wildman–Crippen LogP) is 1.07. The Morgan fingerprint density at radius 3 is 3.09 bits per heavy atom. The van der Waals surface area contributed by atoms with Gasteiger partial charge >= 0.3 is 0 Å². The largest absolute Gasteiger partial charge is 0.392 e. The molecular weight excluding hydrogens is 140 g/mol. The topological polar surface area (TPSA) is 37.3 Å². The molecule has 0 aromatic rings. The SMILES string of the molecule is C=CC1C=CCC(=O)CC1O. The first kappa shape index (κ1) is 8.21. The van der Waals surface area contributed by atoms with E-state index in [1.54, 1.807) is 12.2 Å². The van der Waals surface area contributed by atoms with Crippen LogP contribution >= 0.6 is 0 Å². The highest BCUT2D eigenvalue weighted by molar-refractivity contribution is 5.80. The Morgan fingerprint density at radius 1 is 1.73 bits per heavy atom. The van der Waals surface area contributed by atoms with Crippen molar-refractivity contribution in [2.24, 2.45) is 5.92 Å². The normalized spacial score (nSPS) is 31.5. The lowest BCUT2D eigenvalue weighted by Crippen LogP contribution is -2.18. The standard InChI is InChI=1S/C9H12O2/c1-2-7-4-3-5-8(10)6-9(7)11/h2-4,7,9,11H,1,5-6H2. The molecule has 0 saturated heterocycles. The van der Waals surface area contributed by atoms with Crippen molar-refractivity contribution in [3.05, 3.63) is 24.8 Å². The fraction of sp³-hybridized carbons (Fsp3) is 0.444. The average Bonchev–Trinajstić information content (AvgIpc) is 2.11. The highest BCUT2D eigenvalue weighted by Gasteiger charge is 2.18. The maximum atomic E-state index is 10.9. The molecule has 2 unspecified atom stereocenters. The van der Waals surface area contributed by atoms with E-state index in [0.717, 1.165) is 0 Å². The molecule has 1 aliphatic rings. The number of Topliss-reactive ketones (excluding diaryl/α,β-unsaturated/α-hetero) is 1. The third kappa shape index (κ3) is 2.02. The smallest absolute Gasteiger partial charge is 0.139 e. The molecule has 1 aliphatic carbocycles. The summed E-state index contributed by atoms with van der Waals surface area (Å²) in [6.45, 7) is 3.58. The zero-order chi connectivity index (χ0) is 8.27. The van der Waals surface area contributed by atoms with Gasteiger partial charge in [0.1, 0.15) is 5.78 Å². The van der Waals surface area contributed by atoms with E-state index in [9.17, 15) is 9.90 Å². The van der Waals surface area contributed by atoms with Crippen LogP contribution in [-0.4, -0.2) is 17.0 Å². The molecule has 0 radical (unpaired) electrons. The van der Waals surface area contributed by atoms with Crippen molar-refractivity contribution in [3.63, 3.8) is 0 Å². The average molecular weight is 152 g/mol. The van der Waals surface area contributed by atoms with Crippen LogP contribution in [0.15, 0.2) is 24.8 Å². The minimum atomic E-state index is -0.571. The Balaban J connectivity index is 2.69. The highest BCUT2D eigenvalue weighted by atomic mass is 16.3. The molecule has 0 aromatic heterocycles. The molecule has 0 spiro atoms. The fourth-order valence-electron chi connectivity index (χ4n) is 1.17. The zero-order valence-corrected chi connectivity index (χ0v) is 6.36. The molecule has 0 aliphatic heterocycles. The first-order chi connectivity index (χ1) is 5.24. The zero-order valence-electron chi connectivity index (χ0n) is 6.36. The summed E-state index contributed by atoms with van der Waals surface area (Å²) in [4.78, 5) is 10.9. The van der Waals surface area contributed by atoms with E-state index in [0.29, 0.717) is 6.42 Å². The Hall–Kier alpha value is -0.890. The van der Waals surface area contributed by atoms with Gasteiger partial charge in [-0.25, -0.2) is 0 Å². The number of allylic oxidation sites excluding steroid dienone is 1. The number of rotatable bonds is 1. The molecule has 0 aromatic carbocycles. The van der Waals surface area contributed by atoms with Crippen LogP contribution in [-0.2, 0) is 4.79 Å². The highest BCUT2D eigenvalue weighted by Crippen LogP contribution is 2.16. The lowest BCUT2D eigenvalue weighted by Gasteiger charge is -2.11. The third-order valence-electron chi connectivity index (χ3n) is 1.86. The summed E-state index contributed by atoms with van der Waals surface area (Å²) >= 11 is 0. The van der Waals surface area contributed by atoms with E-state index in [2.05, 4.69) is 6.58 Å². The Kier molecular flexibility index (Phi) is 2.60. The minimum absolute atomic E-state index is 0.0542. The summed E-state index contributed by atoms with van der Waals surface area (Å²) in [6, 6.07) is 0. The summed E-state index contributed by atoms with van der Waals surface area (Å²) in [5, 5.41) is 9.38. The van der Waals surface area contributed by atoms with Crippen molar-refractivity contribution in [1.82, 2.24) is 0 Å². The lowest BCUT2D eigenvalue weighted by molar-refractivity contribution is -0.120.